The Bertz CT molecular complexity index is 752. The van der Waals surface area contributed by atoms with Crippen LogP contribution in [0.25, 0.3) is 11.1 Å². The van der Waals surface area contributed by atoms with Gasteiger partial charge >= 0.3 is 0 Å². The second kappa shape index (κ2) is 4.28. The number of hydrogen-bond donors (Lipinski definition) is 2. The van der Waals surface area contributed by atoms with Gasteiger partial charge in [-0.3, -0.25) is 0 Å². The van der Waals surface area contributed by atoms with Crippen LogP contribution in [0, 0.1) is 12.7 Å². The summed E-state index contributed by atoms with van der Waals surface area (Å²) >= 11 is 0. The molecule has 19 heavy (non-hydrogen) atoms. The van der Waals surface area contributed by atoms with E-state index in [1.165, 1.54) is 12.1 Å². The van der Waals surface area contributed by atoms with Crippen LogP contribution in [0.4, 0.5) is 21.8 Å². The Balaban J connectivity index is 1.98. The Hall–Kier alpha value is -2.56. The number of nitrogens with zero attached hydrogens (tertiary/aromatic N) is 1. The van der Waals surface area contributed by atoms with Gasteiger partial charge in [0.05, 0.1) is 0 Å². The zero-order valence-corrected chi connectivity index (χ0v) is 10.3. The molecule has 4 nitrogen and oxygen atoms in total. The zero-order valence-electron chi connectivity index (χ0n) is 10.3. The average molecular weight is 257 g/mol. The highest BCUT2D eigenvalue weighted by atomic mass is 19.1. The number of benzene rings is 2. The number of anilines is 3. The van der Waals surface area contributed by atoms with E-state index in [0.717, 1.165) is 5.56 Å². The number of aromatic nitrogens is 1. The minimum Gasteiger partial charge on any atom is -0.423 e. The second-order valence-corrected chi connectivity index (χ2v) is 4.33. The molecule has 0 bridgehead atoms. The molecule has 0 aliphatic rings. The fourth-order valence-electron chi connectivity index (χ4n) is 1.84. The molecule has 0 aliphatic carbocycles. The summed E-state index contributed by atoms with van der Waals surface area (Å²) in [7, 11) is 0. The fourth-order valence-corrected chi connectivity index (χ4v) is 1.84. The molecule has 3 rings (SSSR count). The Labute approximate surface area is 109 Å². The van der Waals surface area contributed by atoms with Crippen LogP contribution in [-0.2, 0) is 0 Å². The van der Waals surface area contributed by atoms with Gasteiger partial charge in [-0.2, -0.15) is 4.98 Å². The van der Waals surface area contributed by atoms with E-state index >= 15 is 0 Å². The van der Waals surface area contributed by atoms with E-state index in [4.69, 9.17) is 10.2 Å². The largest absolute Gasteiger partial charge is 0.423 e. The number of fused-ring (bicyclic) bond motifs is 1. The number of nitrogen functional groups attached to an aromatic ring is 1. The average Bonchev–Trinajstić information content (AvgIpc) is 2.75. The monoisotopic (exact) mass is 257 g/mol. The summed E-state index contributed by atoms with van der Waals surface area (Å²) < 4.78 is 18.7. The summed E-state index contributed by atoms with van der Waals surface area (Å²) in [5.74, 6) is -0.312. The molecule has 0 unspecified atom stereocenters. The lowest BCUT2D eigenvalue weighted by molar-refractivity contribution is 0.620. The van der Waals surface area contributed by atoms with Gasteiger partial charge in [-0.15, -0.1) is 0 Å². The molecule has 0 atom stereocenters. The van der Waals surface area contributed by atoms with Crippen LogP contribution in [0.15, 0.2) is 40.8 Å². The van der Waals surface area contributed by atoms with Gasteiger partial charge in [0.15, 0.2) is 5.58 Å². The Morgan fingerprint density at radius 3 is 2.89 bits per heavy atom. The third-order valence-corrected chi connectivity index (χ3v) is 2.85. The van der Waals surface area contributed by atoms with Crippen LogP contribution in [0.2, 0.25) is 0 Å². The third-order valence-electron chi connectivity index (χ3n) is 2.85. The van der Waals surface area contributed by atoms with Crippen LogP contribution in [0.1, 0.15) is 5.56 Å². The predicted molar refractivity (Wildman–Crippen MR) is 72.8 cm³/mol. The van der Waals surface area contributed by atoms with Crippen molar-refractivity contribution >= 4 is 28.5 Å². The number of hydrogen-bond acceptors (Lipinski definition) is 4. The number of nitrogens with two attached hydrogens (primary N) is 1. The predicted octanol–water partition coefficient (Wildman–Crippen LogP) is 3.60. The number of halogens is 1. The van der Waals surface area contributed by atoms with Crippen molar-refractivity contribution in [1.29, 1.82) is 0 Å². The Morgan fingerprint density at radius 1 is 1.21 bits per heavy atom. The van der Waals surface area contributed by atoms with Crippen LogP contribution >= 0.6 is 0 Å². The zero-order chi connectivity index (χ0) is 13.4. The van der Waals surface area contributed by atoms with Crippen molar-refractivity contribution in [1.82, 2.24) is 4.98 Å². The molecule has 3 aromatic rings. The molecule has 0 amide bonds. The van der Waals surface area contributed by atoms with Gasteiger partial charge in [0, 0.05) is 17.4 Å². The maximum atomic E-state index is 13.2. The van der Waals surface area contributed by atoms with Crippen molar-refractivity contribution in [2.45, 2.75) is 6.92 Å². The first kappa shape index (κ1) is 11.5. The van der Waals surface area contributed by atoms with Crippen LogP contribution < -0.4 is 11.1 Å². The molecule has 3 N–H and O–H groups in total. The lowest BCUT2D eigenvalue weighted by Gasteiger charge is -2.05. The van der Waals surface area contributed by atoms with Crippen molar-refractivity contribution in [2.75, 3.05) is 11.1 Å². The summed E-state index contributed by atoms with van der Waals surface area (Å²) in [6.45, 7) is 1.88. The maximum Gasteiger partial charge on any atom is 0.300 e. The number of rotatable bonds is 2. The standard InChI is InChI=1S/C14H12FN3O/c1-8-2-3-9(15)6-12(8)18-14-17-11-5-4-10(16)7-13(11)19-14/h2-7H,16H2,1H3,(H,17,18). The van der Waals surface area contributed by atoms with Gasteiger partial charge in [0.1, 0.15) is 11.3 Å². The third kappa shape index (κ3) is 2.22. The van der Waals surface area contributed by atoms with Crippen molar-refractivity contribution in [3.8, 4) is 0 Å². The highest BCUT2D eigenvalue weighted by Gasteiger charge is 2.08. The van der Waals surface area contributed by atoms with Gasteiger partial charge in [-0.05, 0) is 36.8 Å². The van der Waals surface area contributed by atoms with E-state index in [1.807, 2.05) is 6.92 Å². The molecule has 2 aromatic carbocycles. The summed E-state index contributed by atoms with van der Waals surface area (Å²) in [6, 6.07) is 10.0. The Kier molecular flexibility index (Phi) is 2.59. The van der Waals surface area contributed by atoms with Gasteiger partial charge < -0.3 is 15.5 Å². The van der Waals surface area contributed by atoms with Crippen LogP contribution in [0.3, 0.4) is 0 Å². The molecule has 1 heterocycles. The van der Waals surface area contributed by atoms with Gasteiger partial charge in [-0.1, -0.05) is 6.07 Å². The summed E-state index contributed by atoms with van der Waals surface area (Å²) in [5.41, 5.74) is 9.10. The molecule has 0 aliphatic heterocycles. The highest BCUT2D eigenvalue weighted by molar-refractivity contribution is 5.78. The van der Waals surface area contributed by atoms with Crippen molar-refractivity contribution in [3.05, 3.63) is 47.8 Å². The van der Waals surface area contributed by atoms with E-state index in [-0.39, 0.29) is 5.82 Å². The maximum absolute atomic E-state index is 13.2. The topological polar surface area (TPSA) is 64.1 Å². The lowest BCUT2D eigenvalue weighted by Crippen LogP contribution is -1.93. The molecule has 0 saturated carbocycles. The van der Waals surface area contributed by atoms with E-state index in [9.17, 15) is 4.39 Å². The molecule has 0 radical (unpaired) electrons. The number of nitrogens with one attached hydrogen (secondary N) is 1. The van der Waals surface area contributed by atoms with Crippen molar-refractivity contribution < 1.29 is 8.81 Å². The van der Waals surface area contributed by atoms with Crippen LogP contribution in [-0.4, -0.2) is 4.98 Å². The molecule has 96 valence electrons. The quantitative estimate of drug-likeness (QED) is 0.688. The SMILES string of the molecule is Cc1ccc(F)cc1Nc1nc2ccc(N)cc2o1. The summed E-state index contributed by atoms with van der Waals surface area (Å²) in [5, 5.41) is 2.96. The molecule has 0 fully saturated rings. The molecule has 0 saturated heterocycles. The van der Waals surface area contributed by atoms with Crippen molar-refractivity contribution in [3.63, 3.8) is 0 Å². The number of oxazole rings is 1. The molecular weight excluding hydrogens is 245 g/mol. The minimum atomic E-state index is -0.312. The second-order valence-electron chi connectivity index (χ2n) is 4.33. The summed E-state index contributed by atoms with van der Waals surface area (Å²) in [6.07, 6.45) is 0. The van der Waals surface area contributed by atoms with Crippen molar-refractivity contribution in [2.24, 2.45) is 0 Å². The molecular formula is C14H12FN3O. The van der Waals surface area contributed by atoms with Crippen LogP contribution in [0.5, 0.6) is 0 Å². The lowest BCUT2D eigenvalue weighted by atomic mass is 10.2. The van der Waals surface area contributed by atoms with E-state index in [0.29, 0.717) is 28.5 Å². The van der Waals surface area contributed by atoms with Gasteiger partial charge in [0.2, 0.25) is 0 Å². The van der Waals surface area contributed by atoms with E-state index in [1.54, 1.807) is 24.3 Å². The fraction of sp³-hybridized carbons (Fsp3) is 0.0714. The smallest absolute Gasteiger partial charge is 0.300 e. The minimum absolute atomic E-state index is 0.312. The normalized spacial score (nSPS) is 10.8. The van der Waals surface area contributed by atoms with E-state index in [2.05, 4.69) is 10.3 Å². The number of aryl methyl sites for hydroxylation is 1. The summed E-state index contributed by atoms with van der Waals surface area (Å²) in [4.78, 5) is 4.26. The highest BCUT2D eigenvalue weighted by Crippen LogP contribution is 2.25. The first-order chi connectivity index (χ1) is 9.11. The molecule has 1 aromatic heterocycles. The first-order valence-corrected chi connectivity index (χ1v) is 5.81. The first-order valence-electron chi connectivity index (χ1n) is 5.81. The Morgan fingerprint density at radius 2 is 2.05 bits per heavy atom. The van der Waals surface area contributed by atoms with E-state index < -0.39 is 0 Å². The van der Waals surface area contributed by atoms with Gasteiger partial charge in [0.25, 0.3) is 6.01 Å². The molecule has 0 spiro atoms. The van der Waals surface area contributed by atoms with Gasteiger partial charge in [-0.25, -0.2) is 4.39 Å². The molecule has 5 heteroatoms.